The average molecular weight is 275 g/mol. The molecule has 0 bridgehead atoms. The molecule has 108 valence electrons. The monoisotopic (exact) mass is 275 g/mol. The summed E-state index contributed by atoms with van der Waals surface area (Å²) >= 11 is 0. The van der Waals surface area contributed by atoms with E-state index in [4.69, 9.17) is 0 Å². The van der Waals surface area contributed by atoms with Gasteiger partial charge in [0, 0.05) is 0 Å². The molecule has 1 aliphatic carbocycles. The molecule has 1 atom stereocenters. The molecule has 1 aromatic rings. The van der Waals surface area contributed by atoms with Crippen LogP contribution >= 0.6 is 0 Å². The van der Waals surface area contributed by atoms with Gasteiger partial charge in [-0.05, 0) is 45.1 Å². The zero-order valence-corrected chi connectivity index (χ0v) is 12.1. The highest BCUT2D eigenvalue weighted by atomic mass is 16.4. The maximum Gasteiger partial charge on any atom is 0.329 e. The number of hydrogen-bond donors (Lipinski definition) is 2. The summed E-state index contributed by atoms with van der Waals surface area (Å²) < 4.78 is 0. The van der Waals surface area contributed by atoms with Gasteiger partial charge in [0.05, 0.1) is 5.41 Å². The molecular weight excluding hydrogens is 254 g/mol. The van der Waals surface area contributed by atoms with Gasteiger partial charge in [0.1, 0.15) is 5.54 Å². The van der Waals surface area contributed by atoms with Crippen molar-refractivity contribution in [3.8, 4) is 0 Å². The summed E-state index contributed by atoms with van der Waals surface area (Å²) in [6.07, 6.45) is 1.71. The fourth-order valence-corrected chi connectivity index (χ4v) is 2.37. The Kier molecular flexibility index (Phi) is 3.59. The van der Waals surface area contributed by atoms with Crippen molar-refractivity contribution >= 4 is 11.9 Å². The van der Waals surface area contributed by atoms with Gasteiger partial charge in [-0.25, -0.2) is 4.79 Å². The van der Waals surface area contributed by atoms with Crippen molar-refractivity contribution in [1.29, 1.82) is 0 Å². The lowest BCUT2D eigenvalue weighted by Crippen LogP contribution is -2.57. The van der Waals surface area contributed by atoms with E-state index in [1.807, 2.05) is 44.2 Å². The lowest BCUT2D eigenvalue weighted by Gasteiger charge is -2.32. The maximum atomic E-state index is 12.5. The molecular formula is C16H21NO3. The normalized spacial score (nSPS) is 18.1. The SMILES string of the molecule is CC(C)(C(=O)NC(C)(C(=O)O)C1CC1)c1ccccc1. The van der Waals surface area contributed by atoms with Crippen LogP contribution in [0.5, 0.6) is 0 Å². The molecule has 4 heteroatoms. The minimum Gasteiger partial charge on any atom is -0.480 e. The van der Waals surface area contributed by atoms with Crippen LogP contribution in [0.2, 0.25) is 0 Å². The minimum absolute atomic E-state index is 0.0375. The van der Waals surface area contributed by atoms with Crippen molar-refractivity contribution in [3.05, 3.63) is 35.9 Å². The number of carboxylic acids is 1. The zero-order chi connectivity index (χ0) is 15.0. The fraction of sp³-hybridized carbons (Fsp3) is 0.500. The smallest absolute Gasteiger partial charge is 0.329 e. The molecule has 1 unspecified atom stereocenters. The van der Waals surface area contributed by atoms with Gasteiger partial charge < -0.3 is 10.4 Å². The summed E-state index contributed by atoms with van der Waals surface area (Å²) in [6, 6.07) is 9.41. The molecule has 0 aliphatic heterocycles. The number of benzene rings is 1. The Bertz CT molecular complexity index is 520. The molecule has 1 aliphatic rings. The summed E-state index contributed by atoms with van der Waals surface area (Å²) in [6.45, 7) is 5.23. The number of carbonyl (C=O) groups is 2. The third kappa shape index (κ3) is 2.55. The Morgan fingerprint density at radius 3 is 2.15 bits per heavy atom. The Balaban J connectivity index is 2.21. The van der Waals surface area contributed by atoms with Crippen LogP contribution < -0.4 is 5.32 Å². The van der Waals surface area contributed by atoms with Gasteiger partial charge >= 0.3 is 5.97 Å². The van der Waals surface area contributed by atoms with Crippen LogP contribution in [0.4, 0.5) is 0 Å². The number of aliphatic carboxylic acids is 1. The van der Waals surface area contributed by atoms with E-state index in [0.29, 0.717) is 0 Å². The molecule has 0 radical (unpaired) electrons. The number of nitrogens with one attached hydrogen (secondary N) is 1. The summed E-state index contributed by atoms with van der Waals surface area (Å²) in [7, 11) is 0. The second kappa shape index (κ2) is 4.93. The molecule has 2 rings (SSSR count). The standard InChI is InChI=1S/C16H21NO3/c1-15(2,11-7-5-4-6-8-11)13(18)17-16(3,14(19)20)12-9-10-12/h4-8,12H,9-10H2,1-3H3,(H,17,18)(H,19,20). The second-order valence-corrected chi connectivity index (χ2v) is 6.23. The van der Waals surface area contributed by atoms with Crippen LogP contribution in [-0.4, -0.2) is 22.5 Å². The third-order valence-corrected chi connectivity index (χ3v) is 4.27. The molecule has 0 aromatic heterocycles. The van der Waals surface area contributed by atoms with Gasteiger partial charge in [0.25, 0.3) is 0 Å². The van der Waals surface area contributed by atoms with Crippen LogP contribution in [0, 0.1) is 5.92 Å². The predicted molar refractivity (Wildman–Crippen MR) is 76.4 cm³/mol. The first kappa shape index (κ1) is 14.6. The molecule has 1 amide bonds. The van der Waals surface area contributed by atoms with Crippen LogP contribution in [0.25, 0.3) is 0 Å². The Labute approximate surface area is 119 Å². The summed E-state index contributed by atoms with van der Waals surface area (Å²) in [5.74, 6) is -1.17. The van der Waals surface area contributed by atoms with Crippen LogP contribution in [0.1, 0.15) is 39.2 Å². The highest BCUT2D eigenvalue weighted by Gasteiger charge is 2.50. The summed E-state index contributed by atoms with van der Waals surface area (Å²) in [5.41, 5.74) is -1.04. The van der Waals surface area contributed by atoms with E-state index < -0.39 is 16.9 Å². The molecule has 1 aromatic carbocycles. The number of hydrogen-bond acceptors (Lipinski definition) is 2. The van der Waals surface area contributed by atoms with Gasteiger partial charge in [-0.2, -0.15) is 0 Å². The van der Waals surface area contributed by atoms with Gasteiger partial charge in [-0.3, -0.25) is 4.79 Å². The van der Waals surface area contributed by atoms with E-state index in [-0.39, 0.29) is 11.8 Å². The number of carboxylic acid groups (broad SMARTS) is 1. The third-order valence-electron chi connectivity index (χ3n) is 4.27. The number of amides is 1. The molecule has 0 heterocycles. The molecule has 1 saturated carbocycles. The van der Waals surface area contributed by atoms with E-state index in [9.17, 15) is 14.7 Å². The molecule has 1 fully saturated rings. The topological polar surface area (TPSA) is 66.4 Å². The van der Waals surface area contributed by atoms with Crippen molar-refractivity contribution in [1.82, 2.24) is 5.32 Å². The molecule has 0 saturated heterocycles. The number of rotatable bonds is 5. The molecule has 4 nitrogen and oxygen atoms in total. The van der Waals surface area contributed by atoms with E-state index in [1.165, 1.54) is 0 Å². The van der Waals surface area contributed by atoms with Gasteiger partial charge in [0.2, 0.25) is 5.91 Å². The van der Waals surface area contributed by atoms with Crippen molar-refractivity contribution in [2.75, 3.05) is 0 Å². The van der Waals surface area contributed by atoms with Crippen molar-refractivity contribution in [2.24, 2.45) is 5.92 Å². The van der Waals surface area contributed by atoms with Crippen LogP contribution in [-0.2, 0) is 15.0 Å². The van der Waals surface area contributed by atoms with Gasteiger partial charge in [-0.15, -0.1) is 0 Å². The molecule has 0 spiro atoms. The van der Waals surface area contributed by atoms with Crippen LogP contribution in [0.3, 0.4) is 0 Å². The zero-order valence-electron chi connectivity index (χ0n) is 12.1. The van der Waals surface area contributed by atoms with Crippen molar-refractivity contribution < 1.29 is 14.7 Å². The first-order valence-corrected chi connectivity index (χ1v) is 6.90. The van der Waals surface area contributed by atoms with E-state index in [1.54, 1.807) is 6.92 Å². The van der Waals surface area contributed by atoms with E-state index >= 15 is 0 Å². The summed E-state index contributed by atoms with van der Waals surface area (Å²) in [4.78, 5) is 24.0. The number of carbonyl (C=O) groups excluding carboxylic acids is 1. The quantitative estimate of drug-likeness (QED) is 0.866. The Morgan fingerprint density at radius 2 is 1.70 bits per heavy atom. The lowest BCUT2D eigenvalue weighted by atomic mass is 9.82. The minimum atomic E-state index is -1.16. The molecule has 20 heavy (non-hydrogen) atoms. The highest BCUT2D eigenvalue weighted by molar-refractivity contribution is 5.92. The fourth-order valence-electron chi connectivity index (χ4n) is 2.37. The molecule has 2 N–H and O–H groups in total. The van der Waals surface area contributed by atoms with Crippen molar-refractivity contribution in [3.63, 3.8) is 0 Å². The van der Waals surface area contributed by atoms with Crippen LogP contribution in [0.15, 0.2) is 30.3 Å². The highest BCUT2D eigenvalue weighted by Crippen LogP contribution is 2.40. The first-order valence-electron chi connectivity index (χ1n) is 6.90. The first-order chi connectivity index (χ1) is 9.28. The van der Waals surface area contributed by atoms with Crippen molar-refractivity contribution in [2.45, 2.75) is 44.6 Å². The average Bonchev–Trinajstić information content (AvgIpc) is 3.23. The second-order valence-electron chi connectivity index (χ2n) is 6.23. The Morgan fingerprint density at radius 1 is 1.15 bits per heavy atom. The predicted octanol–water partition coefficient (Wildman–Crippen LogP) is 2.33. The largest absolute Gasteiger partial charge is 0.480 e. The Hall–Kier alpha value is -1.84. The van der Waals surface area contributed by atoms with E-state index in [0.717, 1.165) is 18.4 Å². The lowest BCUT2D eigenvalue weighted by molar-refractivity contribution is -0.148. The van der Waals surface area contributed by atoms with Gasteiger partial charge in [0.15, 0.2) is 0 Å². The summed E-state index contributed by atoms with van der Waals surface area (Å²) in [5, 5.41) is 12.2. The van der Waals surface area contributed by atoms with Gasteiger partial charge in [-0.1, -0.05) is 30.3 Å². The van der Waals surface area contributed by atoms with E-state index in [2.05, 4.69) is 5.32 Å². The maximum absolute atomic E-state index is 12.5.